The Kier molecular flexibility index (Phi) is 0.314. The fourth-order valence-electron chi connectivity index (χ4n) is 3.56. The van der Waals surface area contributed by atoms with Gasteiger partial charge in [0.1, 0.15) is 0 Å². The molecule has 4 rings (SSSR count). The highest BCUT2D eigenvalue weighted by atomic mass is 14.9. The van der Waals surface area contributed by atoms with Gasteiger partial charge in [-0.1, -0.05) is 11.1 Å². The van der Waals surface area contributed by atoms with Crippen LogP contribution in [-0.2, 0) is 0 Å². The summed E-state index contributed by atoms with van der Waals surface area (Å²) in [6.07, 6.45) is 6.06. The Bertz CT molecular complexity index is 249. The lowest BCUT2D eigenvalue weighted by Gasteiger charge is -2.25. The summed E-state index contributed by atoms with van der Waals surface area (Å²) in [5.41, 5.74) is 4.80. The van der Waals surface area contributed by atoms with E-state index in [2.05, 4.69) is 0 Å². The molecule has 4 aliphatic rings. The average Bonchev–Trinajstić information content (AvgIpc) is 2.61. The minimum Gasteiger partial charge on any atom is -0.0661 e. The molecule has 46 valence electrons. The smallest absolute Gasteiger partial charge is 0.00209 e. The van der Waals surface area contributed by atoms with Crippen LogP contribution in [0.3, 0.4) is 0 Å². The van der Waals surface area contributed by atoms with Gasteiger partial charge in [0.05, 0.1) is 0 Å². The molecule has 1 spiro atoms. The van der Waals surface area contributed by atoms with Crippen LogP contribution in [0.4, 0.5) is 0 Å². The van der Waals surface area contributed by atoms with E-state index < -0.39 is 0 Å². The van der Waals surface area contributed by atoms with Gasteiger partial charge >= 0.3 is 0 Å². The summed E-state index contributed by atoms with van der Waals surface area (Å²) in [6, 6.07) is 0. The van der Waals surface area contributed by atoms with Crippen molar-refractivity contribution in [2.45, 2.75) is 25.7 Å². The molecule has 3 atom stereocenters. The predicted octanol–water partition coefficient (Wildman–Crippen LogP) is 2.12. The summed E-state index contributed by atoms with van der Waals surface area (Å²) in [5.74, 6) is 2.39. The molecule has 0 aromatic rings. The zero-order valence-corrected chi connectivity index (χ0v) is 5.48. The summed E-state index contributed by atoms with van der Waals surface area (Å²) in [5, 5.41) is 0. The zero-order valence-electron chi connectivity index (χ0n) is 5.48. The third-order valence-electron chi connectivity index (χ3n) is 4.11. The van der Waals surface area contributed by atoms with E-state index in [0.717, 1.165) is 5.41 Å². The molecule has 3 unspecified atom stereocenters. The van der Waals surface area contributed by atoms with Gasteiger partial charge in [0, 0.05) is 5.41 Å². The van der Waals surface area contributed by atoms with Crippen molar-refractivity contribution in [2.75, 3.05) is 0 Å². The maximum absolute atomic E-state index is 1.94. The molecule has 4 aliphatic carbocycles. The van der Waals surface area contributed by atoms with E-state index in [9.17, 15) is 0 Å². The molecule has 0 saturated heterocycles. The summed E-state index contributed by atoms with van der Waals surface area (Å²) >= 11 is 0. The van der Waals surface area contributed by atoms with E-state index in [-0.39, 0.29) is 0 Å². The molecule has 2 fully saturated rings. The topological polar surface area (TPSA) is 0 Å². The minimum atomic E-state index is 0.936. The van der Waals surface area contributed by atoms with Gasteiger partial charge in [-0.15, -0.1) is 0 Å². The van der Waals surface area contributed by atoms with Crippen LogP contribution in [0, 0.1) is 17.3 Å². The van der Waals surface area contributed by atoms with E-state index in [0.29, 0.717) is 0 Å². The van der Waals surface area contributed by atoms with E-state index in [1.807, 2.05) is 11.1 Å². The SMILES string of the molecule is C1CC2=C(C1)C13CC1C23. The second-order valence-corrected chi connectivity index (χ2v) is 4.19. The van der Waals surface area contributed by atoms with Gasteiger partial charge in [-0.2, -0.15) is 0 Å². The number of allylic oxidation sites excluding steroid dienone is 2. The Morgan fingerprint density at radius 3 is 3.11 bits per heavy atom. The van der Waals surface area contributed by atoms with Crippen LogP contribution in [0.1, 0.15) is 25.7 Å². The number of hydrogen-bond acceptors (Lipinski definition) is 0. The fourth-order valence-corrected chi connectivity index (χ4v) is 3.56. The first-order chi connectivity index (χ1) is 4.44. The van der Waals surface area contributed by atoms with E-state index >= 15 is 0 Å². The second kappa shape index (κ2) is 0.744. The molecular formula is C9H10. The lowest BCUT2D eigenvalue weighted by atomic mass is 9.79. The molecule has 0 N–H and O–H groups in total. The van der Waals surface area contributed by atoms with Gasteiger partial charge in [-0.05, 0) is 37.5 Å². The van der Waals surface area contributed by atoms with Crippen molar-refractivity contribution >= 4 is 0 Å². The average molecular weight is 118 g/mol. The molecule has 0 amide bonds. The van der Waals surface area contributed by atoms with Crippen LogP contribution in [-0.4, -0.2) is 0 Å². The van der Waals surface area contributed by atoms with Crippen LogP contribution in [0.5, 0.6) is 0 Å². The van der Waals surface area contributed by atoms with Gasteiger partial charge in [0.2, 0.25) is 0 Å². The lowest BCUT2D eigenvalue weighted by Crippen LogP contribution is -2.14. The highest BCUT2D eigenvalue weighted by Gasteiger charge is 2.86. The van der Waals surface area contributed by atoms with Gasteiger partial charge in [0.15, 0.2) is 0 Å². The molecule has 9 heavy (non-hydrogen) atoms. The summed E-state index contributed by atoms with van der Waals surface area (Å²) < 4.78 is 0. The summed E-state index contributed by atoms with van der Waals surface area (Å²) in [4.78, 5) is 0. The van der Waals surface area contributed by atoms with Crippen molar-refractivity contribution in [3.8, 4) is 0 Å². The van der Waals surface area contributed by atoms with Crippen molar-refractivity contribution in [1.82, 2.24) is 0 Å². The first-order valence-electron chi connectivity index (χ1n) is 4.17. The molecule has 2 saturated carbocycles. The van der Waals surface area contributed by atoms with Crippen molar-refractivity contribution in [3.05, 3.63) is 11.1 Å². The first-order valence-corrected chi connectivity index (χ1v) is 4.17. The Hall–Kier alpha value is -0.260. The van der Waals surface area contributed by atoms with Crippen LogP contribution >= 0.6 is 0 Å². The molecule has 0 nitrogen and oxygen atoms in total. The maximum atomic E-state index is 1.94. The minimum absolute atomic E-state index is 0.936. The van der Waals surface area contributed by atoms with Gasteiger partial charge in [-0.25, -0.2) is 0 Å². The maximum Gasteiger partial charge on any atom is 0.00209 e. The first kappa shape index (κ1) is 3.80. The molecular weight excluding hydrogens is 108 g/mol. The highest BCUT2D eigenvalue weighted by molar-refractivity contribution is 5.60. The highest BCUT2D eigenvalue weighted by Crippen LogP contribution is 2.93. The Morgan fingerprint density at radius 1 is 1.33 bits per heavy atom. The Balaban J connectivity index is 1.98. The van der Waals surface area contributed by atoms with E-state index in [1.165, 1.54) is 31.1 Å². The van der Waals surface area contributed by atoms with Crippen LogP contribution in [0.2, 0.25) is 0 Å². The Labute approximate surface area is 54.9 Å². The summed E-state index contributed by atoms with van der Waals surface area (Å²) in [6.45, 7) is 0. The van der Waals surface area contributed by atoms with E-state index in [4.69, 9.17) is 0 Å². The van der Waals surface area contributed by atoms with Gasteiger partial charge in [0.25, 0.3) is 0 Å². The largest absolute Gasteiger partial charge is 0.0661 e. The quantitative estimate of drug-likeness (QED) is 0.427. The van der Waals surface area contributed by atoms with E-state index in [1.54, 1.807) is 6.42 Å². The van der Waals surface area contributed by atoms with Gasteiger partial charge in [-0.3, -0.25) is 0 Å². The van der Waals surface area contributed by atoms with Gasteiger partial charge < -0.3 is 0 Å². The third kappa shape index (κ3) is 0.189. The third-order valence-corrected chi connectivity index (χ3v) is 4.11. The van der Waals surface area contributed by atoms with Crippen LogP contribution in [0.15, 0.2) is 11.1 Å². The summed E-state index contributed by atoms with van der Waals surface area (Å²) in [7, 11) is 0. The number of rotatable bonds is 0. The molecule has 0 heteroatoms. The number of fused-ring (bicyclic) bond motifs is 2. The molecule has 0 radical (unpaired) electrons. The molecule has 0 aliphatic heterocycles. The second-order valence-electron chi connectivity index (χ2n) is 4.19. The molecule has 0 heterocycles. The van der Waals surface area contributed by atoms with Crippen LogP contribution < -0.4 is 0 Å². The van der Waals surface area contributed by atoms with Crippen molar-refractivity contribution in [1.29, 1.82) is 0 Å². The fraction of sp³-hybridized carbons (Fsp3) is 0.778. The molecule has 0 aromatic carbocycles. The normalized spacial score (nSPS) is 64.0. The monoisotopic (exact) mass is 118 g/mol. The number of hydrogen-bond donors (Lipinski definition) is 0. The molecule has 0 aromatic heterocycles. The standard InChI is InChI=1S/C9H10/c1-2-5-6(3-1)9-4-7(9)8(5)9/h7-8H,1-4H2. The van der Waals surface area contributed by atoms with Crippen LogP contribution in [0.25, 0.3) is 0 Å². The molecule has 0 bridgehead atoms. The van der Waals surface area contributed by atoms with Crippen molar-refractivity contribution in [2.24, 2.45) is 17.3 Å². The lowest BCUT2D eigenvalue weighted by molar-refractivity contribution is 0.527. The Morgan fingerprint density at radius 2 is 2.33 bits per heavy atom. The zero-order chi connectivity index (χ0) is 5.64. The van der Waals surface area contributed by atoms with Crippen molar-refractivity contribution in [3.63, 3.8) is 0 Å². The van der Waals surface area contributed by atoms with Crippen molar-refractivity contribution < 1.29 is 0 Å². The predicted molar refractivity (Wildman–Crippen MR) is 34.9 cm³/mol.